The number of nitrogens with one attached hydrogen (secondary N) is 1. The van der Waals surface area contributed by atoms with Gasteiger partial charge in [-0.25, -0.2) is 0 Å². The van der Waals surface area contributed by atoms with Crippen molar-refractivity contribution in [1.29, 1.82) is 0 Å². The van der Waals surface area contributed by atoms with Crippen LogP contribution in [0.25, 0.3) is 0 Å². The van der Waals surface area contributed by atoms with Crippen molar-refractivity contribution >= 4 is 11.7 Å². The van der Waals surface area contributed by atoms with Gasteiger partial charge in [-0.3, -0.25) is 9.59 Å². The van der Waals surface area contributed by atoms with Crippen LogP contribution in [-0.2, 0) is 4.79 Å². The van der Waals surface area contributed by atoms with Gasteiger partial charge in [-0.2, -0.15) is 0 Å². The molecular formula is C20H21NO3. The third-order valence-electron chi connectivity index (χ3n) is 4.24. The maximum absolute atomic E-state index is 12.3. The first kappa shape index (κ1) is 16.2. The summed E-state index contributed by atoms with van der Waals surface area (Å²) in [5.74, 6) is 1.06. The molecular weight excluding hydrogens is 302 g/mol. The van der Waals surface area contributed by atoms with Crippen LogP contribution in [0, 0.1) is 5.92 Å². The lowest BCUT2D eigenvalue weighted by atomic mass is 10.0. The molecule has 124 valence electrons. The van der Waals surface area contributed by atoms with Crippen molar-refractivity contribution in [2.45, 2.75) is 25.8 Å². The van der Waals surface area contributed by atoms with Crippen molar-refractivity contribution in [3.63, 3.8) is 0 Å². The fraction of sp³-hybridized carbons (Fsp3) is 0.300. The molecule has 4 heteroatoms. The topological polar surface area (TPSA) is 55.4 Å². The van der Waals surface area contributed by atoms with Crippen molar-refractivity contribution in [3.05, 3.63) is 65.7 Å². The van der Waals surface area contributed by atoms with E-state index in [9.17, 15) is 9.59 Å². The SMILES string of the molecule is CC(NC(=O)COc1ccc(C(=O)c2ccccc2)cc1)C1CC1. The maximum Gasteiger partial charge on any atom is 0.258 e. The standard InChI is InChI=1S/C20H21NO3/c1-14(15-7-8-15)21-19(22)13-24-18-11-9-17(10-12-18)20(23)16-5-3-2-4-6-16/h2-6,9-12,14-15H,7-8,13H2,1H3,(H,21,22). The monoisotopic (exact) mass is 323 g/mol. The van der Waals surface area contributed by atoms with Crippen LogP contribution >= 0.6 is 0 Å². The molecule has 1 unspecified atom stereocenters. The molecule has 0 bridgehead atoms. The Morgan fingerprint density at radius 1 is 1.04 bits per heavy atom. The molecule has 1 atom stereocenters. The fourth-order valence-corrected chi connectivity index (χ4v) is 2.62. The van der Waals surface area contributed by atoms with Crippen molar-refractivity contribution in [2.24, 2.45) is 5.92 Å². The number of rotatable bonds is 7. The summed E-state index contributed by atoms with van der Waals surface area (Å²) in [7, 11) is 0. The fourth-order valence-electron chi connectivity index (χ4n) is 2.62. The van der Waals surface area contributed by atoms with E-state index in [-0.39, 0.29) is 24.3 Å². The highest BCUT2D eigenvalue weighted by atomic mass is 16.5. The number of ketones is 1. The highest BCUT2D eigenvalue weighted by Gasteiger charge is 2.28. The molecule has 0 aromatic heterocycles. The smallest absolute Gasteiger partial charge is 0.258 e. The van der Waals surface area contributed by atoms with Gasteiger partial charge >= 0.3 is 0 Å². The molecule has 1 aliphatic rings. The zero-order chi connectivity index (χ0) is 16.9. The van der Waals surface area contributed by atoms with E-state index in [2.05, 4.69) is 5.32 Å². The van der Waals surface area contributed by atoms with Crippen LogP contribution < -0.4 is 10.1 Å². The normalized spacial score (nSPS) is 14.7. The molecule has 0 aliphatic heterocycles. The molecule has 3 rings (SSSR count). The molecule has 1 N–H and O–H groups in total. The summed E-state index contributed by atoms with van der Waals surface area (Å²) < 4.78 is 5.49. The van der Waals surface area contributed by atoms with Gasteiger partial charge in [0.2, 0.25) is 0 Å². The number of hydrogen-bond donors (Lipinski definition) is 1. The Labute approximate surface area is 141 Å². The number of ether oxygens (including phenoxy) is 1. The lowest BCUT2D eigenvalue weighted by molar-refractivity contribution is -0.123. The van der Waals surface area contributed by atoms with Crippen molar-refractivity contribution < 1.29 is 14.3 Å². The van der Waals surface area contributed by atoms with E-state index in [1.807, 2.05) is 25.1 Å². The minimum Gasteiger partial charge on any atom is -0.484 e. The molecule has 1 fully saturated rings. The Kier molecular flexibility index (Phi) is 4.94. The third kappa shape index (κ3) is 4.22. The maximum atomic E-state index is 12.3. The van der Waals surface area contributed by atoms with Gasteiger partial charge in [0.1, 0.15) is 5.75 Å². The van der Waals surface area contributed by atoms with Gasteiger partial charge in [0, 0.05) is 17.2 Å². The van der Waals surface area contributed by atoms with E-state index in [1.54, 1.807) is 36.4 Å². The molecule has 4 nitrogen and oxygen atoms in total. The Balaban J connectivity index is 1.52. The lowest BCUT2D eigenvalue weighted by Crippen LogP contribution is -2.37. The van der Waals surface area contributed by atoms with E-state index in [0.717, 1.165) is 0 Å². The summed E-state index contributed by atoms with van der Waals surface area (Å²) in [6, 6.07) is 16.2. The Morgan fingerprint density at radius 2 is 1.67 bits per heavy atom. The van der Waals surface area contributed by atoms with Crippen LogP contribution in [-0.4, -0.2) is 24.3 Å². The Morgan fingerprint density at radius 3 is 2.29 bits per heavy atom. The van der Waals surface area contributed by atoms with Crippen molar-refractivity contribution in [1.82, 2.24) is 5.32 Å². The summed E-state index contributed by atoms with van der Waals surface area (Å²) in [4.78, 5) is 24.1. The summed E-state index contributed by atoms with van der Waals surface area (Å²) in [6.45, 7) is 2.02. The molecule has 2 aromatic carbocycles. The molecule has 0 radical (unpaired) electrons. The minimum absolute atomic E-state index is 0.0109. The summed E-state index contributed by atoms with van der Waals surface area (Å²) >= 11 is 0. The Bertz CT molecular complexity index is 705. The van der Waals surface area contributed by atoms with Crippen LogP contribution in [0.5, 0.6) is 5.75 Å². The first-order valence-corrected chi connectivity index (χ1v) is 8.25. The molecule has 0 heterocycles. The molecule has 24 heavy (non-hydrogen) atoms. The second kappa shape index (κ2) is 7.30. The zero-order valence-electron chi connectivity index (χ0n) is 13.7. The van der Waals surface area contributed by atoms with Gasteiger partial charge in [-0.15, -0.1) is 0 Å². The number of amides is 1. The lowest BCUT2D eigenvalue weighted by Gasteiger charge is -2.13. The average Bonchev–Trinajstić information content (AvgIpc) is 3.46. The molecule has 1 saturated carbocycles. The number of carbonyl (C=O) groups is 2. The van der Waals surface area contributed by atoms with Crippen LogP contribution in [0.2, 0.25) is 0 Å². The highest BCUT2D eigenvalue weighted by Crippen LogP contribution is 2.32. The largest absolute Gasteiger partial charge is 0.484 e. The zero-order valence-corrected chi connectivity index (χ0v) is 13.7. The summed E-state index contributed by atoms with van der Waals surface area (Å²) in [5, 5.41) is 2.95. The molecule has 1 amide bonds. The van der Waals surface area contributed by atoms with Gasteiger partial charge < -0.3 is 10.1 Å². The third-order valence-corrected chi connectivity index (χ3v) is 4.24. The minimum atomic E-state index is -0.112. The van der Waals surface area contributed by atoms with Crippen LogP contribution in [0.3, 0.4) is 0 Å². The van der Waals surface area contributed by atoms with Crippen LogP contribution in [0.4, 0.5) is 0 Å². The predicted octanol–water partition coefficient (Wildman–Crippen LogP) is 3.21. The van der Waals surface area contributed by atoms with E-state index in [4.69, 9.17) is 4.74 Å². The molecule has 0 saturated heterocycles. The van der Waals surface area contributed by atoms with Gasteiger partial charge in [-0.1, -0.05) is 30.3 Å². The quantitative estimate of drug-likeness (QED) is 0.796. The van der Waals surface area contributed by atoms with E-state index >= 15 is 0 Å². The van der Waals surface area contributed by atoms with Crippen molar-refractivity contribution in [2.75, 3.05) is 6.61 Å². The number of benzene rings is 2. The molecule has 1 aliphatic carbocycles. The van der Waals surface area contributed by atoms with Crippen LogP contribution in [0.15, 0.2) is 54.6 Å². The van der Waals surface area contributed by atoms with Crippen molar-refractivity contribution in [3.8, 4) is 5.75 Å². The highest BCUT2D eigenvalue weighted by molar-refractivity contribution is 6.08. The predicted molar refractivity (Wildman–Crippen MR) is 92.1 cm³/mol. The summed E-state index contributed by atoms with van der Waals surface area (Å²) in [6.07, 6.45) is 2.39. The molecule has 2 aromatic rings. The second-order valence-corrected chi connectivity index (χ2v) is 6.20. The first-order valence-electron chi connectivity index (χ1n) is 8.25. The molecule has 0 spiro atoms. The number of hydrogen-bond acceptors (Lipinski definition) is 3. The van der Waals surface area contributed by atoms with E-state index < -0.39 is 0 Å². The Hall–Kier alpha value is -2.62. The first-order chi connectivity index (χ1) is 11.6. The second-order valence-electron chi connectivity index (χ2n) is 6.20. The van der Waals surface area contributed by atoms with Gasteiger partial charge in [-0.05, 0) is 49.9 Å². The van der Waals surface area contributed by atoms with Crippen LogP contribution in [0.1, 0.15) is 35.7 Å². The van der Waals surface area contributed by atoms with Gasteiger partial charge in [0.15, 0.2) is 12.4 Å². The number of carbonyl (C=O) groups excluding carboxylic acids is 2. The van der Waals surface area contributed by atoms with E-state index in [0.29, 0.717) is 22.8 Å². The van der Waals surface area contributed by atoms with Gasteiger partial charge in [0.05, 0.1) is 0 Å². The van der Waals surface area contributed by atoms with Gasteiger partial charge in [0.25, 0.3) is 5.91 Å². The summed E-state index contributed by atoms with van der Waals surface area (Å²) in [5.41, 5.74) is 1.25. The van der Waals surface area contributed by atoms with E-state index in [1.165, 1.54) is 12.8 Å². The average molecular weight is 323 g/mol.